The van der Waals surface area contributed by atoms with Gasteiger partial charge in [0.2, 0.25) is 0 Å². The monoisotopic (exact) mass is 158 g/mol. The third kappa shape index (κ3) is 254. The van der Waals surface area contributed by atoms with Crippen LogP contribution in [0.4, 0.5) is 0 Å². The number of rotatable bonds is 0. The molecule has 0 radical (unpaired) electrons. The Morgan fingerprint density at radius 1 is 0.600 bits per heavy atom. The molecule has 0 bridgehead atoms. The fourth-order valence-electron chi connectivity index (χ4n) is 0. The van der Waals surface area contributed by atoms with Crippen LogP contribution in [0.2, 0.25) is 0 Å². The summed E-state index contributed by atoms with van der Waals surface area (Å²) in [5.74, 6) is 0. The maximum atomic E-state index is 4.00. The second kappa shape index (κ2) is 618. The largest absolute Gasteiger partial charge is 0.124 e. The normalized spacial score (nSPS) is 0.800. The summed E-state index contributed by atoms with van der Waals surface area (Å²) in [5.41, 5.74) is 0. The van der Waals surface area contributed by atoms with Gasteiger partial charge in [0, 0.05) is 20.4 Å². The molecule has 0 fully saturated rings. The van der Waals surface area contributed by atoms with Gasteiger partial charge in [0.25, 0.3) is 0 Å². The van der Waals surface area contributed by atoms with Crippen molar-refractivity contribution in [1.29, 1.82) is 0 Å². The van der Waals surface area contributed by atoms with Gasteiger partial charge in [-0.3, -0.25) is 0 Å². The third-order valence-electron chi connectivity index (χ3n) is 0. The third-order valence-corrected chi connectivity index (χ3v) is 0. The van der Waals surface area contributed by atoms with E-state index in [1.165, 1.54) is 0 Å². The van der Waals surface area contributed by atoms with E-state index < -0.39 is 0 Å². The van der Waals surface area contributed by atoms with Gasteiger partial charge in [-0.15, -0.1) is 25.7 Å². The molecule has 0 N–H and O–H groups in total. The maximum Gasteiger partial charge on any atom is 0 e. The van der Waals surface area contributed by atoms with E-state index in [4.69, 9.17) is 0 Å². The van der Waals surface area contributed by atoms with Gasteiger partial charge in [-0.2, -0.15) is 0 Å². The Morgan fingerprint density at radius 3 is 0.600 bits per heavy atom. The second-order valence-corrected chi connectivity index (χ2v) is 0. The Kier molecular flexibility index (Phi) is 2660. The van der Waals surface area contributed by atoms with Gasteiger partial charge in [-0.25, -0.2) is 0 Å². The molecule has 0 aromatic rings. The zero-order valence-electron chi connectivity index (χ0n) is 2.63. The summed E-state index contributed by atoms with van der Waals surface area (Å²) in [6.07, 6.45) is 16.0. The second-order valence-electron chi connectivity index (χ2n) is 0. The minimum absolute atomic E-state index is 0. The first-order chi connectivity index (χ1) is 2.00. The van der Waals surface area contributed by atoms with Crippen molar-refractivity contribution in [2.45, 2.75) is 0 Å². The molecule has 0 unspecified atom stereocenters. The SMILES string of the molecule is C#C.C#C.[Pd]. The first kappa shape index (κ1) is 21.5. The Morgan fingerprint density at radius 2 is 0.600 bits per heavy atom. The van der Waals surface area contributed by atoms with E-state index in [1.54, 1.807) is 0 Å². The fraction of sp³-hybridized carbons (Fsp3) is 0. The average molecular weight is 158 g/mol. The first-order valence-electron chi connectivity index (χ1n) is 0.667. The molecule has 0 aliphatic heterocycles. The van der Waals surface area contributed by atoms with Gasteiger partial charge in [0.1, 0.15) is 0 Å². The molecule has 0 saturated carbocycles. The molecule has 0 amide bonds. The summed E-state index contributed by atoms with van der Waals surface area (Å²) in [5, 5.41) is 0. The summed E-state index contributed by atoms with van der Waals surface area (Å²) in [4.78, 5) is 0. The van der Waals surface area contributed by atoms with E-state index in [-0.39, 0.29) is 20.4 Å². The number of hydrogen-bond donors (Lipinski definition) is 0. The molecule has 0 heterocycles. The number of terminal acetylenes is 2. The van der Waals surface area contributed by atoms with Crippen LogP contribution in [0.15, 0.2) is 0 Å². The molecule has 0 nitrogen and oxygen atoms in total. The van der Waals surface area contributed by atoms with Crippen LogP contribution in [0, 0.1) is 25.7 Å². The van der Waals surface area contributed by atoms with E-state index in [0.717, 1.165) is 0 Å². The predicted molar refractivity (Wildman–Crippen MR) is 19.8 cm³/mol. The minimum Gasteiger partial charge on any atom is -0.124 e. The van der Waals surface area contributed by atoms with Gasteiger partial charge >= 0.3 is 0 Å². The van der Waals surface area contributed by atoms with Crippen molar-refractivity contribution in [3.8, 4) is 25.7 Å². The van der Waals surface area contributed by atoms with Crippen LogP contribution >= 0.6 is 0 Å². The van der Waals surface area contributed by atoms with Crippen LogP contribution in [0.5, 0.6) is 0 Å². The molecule has 1 heteroatoms. The molecule has 0 aromatic carbocycles. The van der Waals surface area contributed by atoms with Crippen molar-refractivity contribution in [2.75, 3.05) is 0 Å². The zero-order valence-corrected chi connectivity index (χ0v) is 4.18. The Hall–Kier alpha value is -0.218. The number of hydrogen-bond acceptors (Lipinski definition) is 0. The molecule has 30 valence electrons. The summed E-state index contributed by atoms with van der Waals surface area (Å²) >= 11 is 0. The van der Waals surface area contributed by atoms with E-state index in [9.17, 15) is 0 Å². The molecule has 0 rings (SSSR count). The van der Waals surface area contributed by atoms with Crippen molar-refractivity contribution in [3.63, 3.8) is 0 Å². The molecule has 0 aliphatic rings. The molecule has 0 atom stereocenters. The average Bonchev–Trinajstić information content (AvgIpc) is 1.50. The van der Waals surface area contributed by atoms with Crippen molar-refractivity contribution in [2.24, 2.45) is 0 Å². The fourth-order valence-corrected chi connectivity index (χ4v) is 0. The molecule has 0 spiro atoms. The van der Waals surface area contributed by atoms with Crippen molar-refractivity contribution >= 4 is 0 Å². The van der Waals surface area contributed by atoms with Crippen LogP contribution in [0.3, 0.4) is 0 Å². The van der Waals surface area contributed by atoms with Crippen LogP contribution < -0.4 is 0 Å². The first-order valence-corrected chi connectivity index (χ1v) is 0.667. The predicted octanol–water partition coefficient (Wildman–Crippen LogP) is 0.496. The van der Waals surface area contributed by atoms with Crippen molar-refractivity contribution < 1.29 is 20.4 Å². The van der Waals surface area contributed by atoms with Crippen LogP contribution in [0.25, 0.3) is 0 Å². The Labute approximate surface area is 46.6 Å². The minimum atomic E-state index is 0. The summed E-state index contributed by atoms with van der Waals surface area (Å²) in [7, 11) is 0. The summed E-state index contributed by atoms with van der Waals surface area (Å²) in [6.45, 7) is 0. The molecule has 0 aliphatic carbocycles. The molecular weight excluding hydrogens is 154 g/mol. The van der Waals surface area contributed by atoms with Gasteiger partial charge in [0.05, 0.1) is 0 Å². The smallest absolute Gasteiger partial charge is 0 e. The van der Waals surface area contributed by atoms with Crippen LogP contribution in [0.1, 0.15) is 0 Å². The van der Waals surface area contributed by atoms with Crippen molar-refractivity contribution in [3.05, 3.63) is 0 Å². The van der Waals surface area contributed by atoms with Gasteiger partial charge < -0.3 is 0 Å². The van der Waals surface area contributed by atoms with Crippen molar-refractivity contribution in [1.82, 2.24) is 0 Å². The molecular formula is C4H4Pd. The van der Waals surface area contributed by atoms with E-state index in [0.29, 0.717) is 0 Å². The van der Waals surface area contributed by atoms with Gasteiger partial charge in [0.15, 0.2) is 0 Å². The molecule has 5 heavy (non-hydrogen) atoms. The molecule has 0 saturated heterocycles. The maximum absolute atomic E-state index is 4.00. The standard InChI is InChI=1S/2C2H2.Pd/c2*1-2;/h2*1-2H;. The summed E-state index contributed by atoms with van der Waals surface area (Å²) in [6, 6.07) is 0. The zero-order chi connectivity index (χ0) is 4.00. The quantitative estimate of drug-likeness (QED) is 0.356. The molecule has 0 aromatic heterocycles. The van der Waals surface area contributed by atoms with Crippen LogP contribution in [-0.4, -0.2) is 0 Å². The van der Waals surface area contributed by atoms with Crippen LogP contribution in [-0.2, 0) is 20.4 Å². The topological polar surface area (TPSA) is 0 Å². The Bertz CT molecular complexity index is 19.1. The summed E-state index contributed by atoms with van der Waals surface area (Å²) < 4.78 is 0. The van der Waals surface area contributed by atoms with E-state index >= 15 is 0 Å². The van der Waals surface area contributed by atoms with Gasteiger partial charge in [-0.1, -0.05) is 0 Å². The van der Waals surface area contributed by atoms with Gasteiger partial charge in [-0.05, 0) is 0 Å². The van der Waals surface area contributed by atoms with E-state index in [2.05, 4.69) is 25.7 Å². The van der Waals surface area contributed by atoms with E-state index in [1.807, 2.05) is 0 Å². The Balaban J connectivity index is -0.0000000133.